The highest BCUT2D eigenvalue weighted by atomic mass is 16.5. The molecule has 128 valence electrons. The molecule has 4 nitrogen and oxygen atoms in total. The number of aryl methyl sites for hydroxylation is 1. The molecule has 0 aliphatic rings. The average Bonchev–Trinajstić information content (AvgIpc) is 2.64. The average molecular weight is 326 g/mol. The first-order valence-electron chi connectivity index (χ1n) is 8.37. The minimum absolute atomic E-state index is 0.162. The molecule has 2 aromatic carbocycles. The number of ether oxygens (including phenoxy) is 1. The summed E-state index contributed by atoms with van der Waals surface area (Å²) in [6, 6.07) is 17.9. The summed E-state index contributed by atoms with van der Waals surface area (Å²) in [5, 5.41) is 0. The highest BCUT2D eigenvalue weighted by Crippen LogP contribution is 2.15. The van der Waals surface area contributed by atoms with Crippen molar-refractivity contribution in [1.29, 1.82) is 0 Å². The van der Waals surface area contributed by atoms with Crippen LogP contribution in [0.5, 0.6) is 5.75 Å². The Bertz CT molecular complexity index is 629. The first kappa shape index (κ1) is 18.0. The van der Waals surface area contributed by atoms with Gasteiger partial charge in [-0.2, -0.15) is 0 Å². The third-order valence-electron chi connectivity index (χ3n) is 3.96. The van der Waals surface area contributed by atoms with Crippen LogP contribution in [0.4, 0.5) is 0 Å². The third-order valence-corrected chi connectivity index (χ3v) is 3.96. The van der Waals surface area contributed by atoms with Crippen LogP contribution in [0, 0.1) is 0 Å². The Hall–Kier alpha value is -2.33. The lowest BCUT2D eigenvalue weighted by Gasteiger charge is -2.23. The Balaban J connectivity index is 1.96. The summed E-state index contributed by atoms with van der Waals surface area (Å²) in [4.78, 5) is 14.5. The van der Waals surface area contributed by atoms with Crippen molar-refractivity contribution >= 4 is 5.91 Å². The summed E-state index contributed by atoms with van der Waals surface area (Å²) in [6.07, 6.45) is 2.02. The lowest BCUT2D eigenvalue weighted by molar-refractivity contribution is -0.131. The Morgan fingerprint density at radius 3 is 2.54 bits per heavy atom. The second-order valence-electron chi connectivity index (χ2n) is 5.79. The van der Waals surface area contributed by atoms with Crippen molar-refractivity contribution in [3.63, 3.8) is 0 Å². The smallest absolute Gasteiger partial charge is 0.223 e. The minimum atomic E-state index is 0.162. The zero-order valence-corrected chi connectivity index (χ0v) is 14.3. The van der Waals surface area contributed by atoms with Gasteiger partial charge in [0.1, 0.15) is 5.75 Å². The molecule has 0 heterocycles. The summed E-state index contributed by atoms with van der Waals surface area (Å²) >= 11 is 0. The van der Waals surface area contributed by atoms with Crippen molar-refractivity contribution < 1.29 is 9.53 Å². The van der Waals surface area contributed by atoms with Crippen LogP contribution in [0.15, 0.2) is 54.6 Å². The monoisotopic (exact) mass is 326 g/mol. The van der Waals surface area contributed by atoms with Crippen LogP contribution in [0.2, 0.25) is 0 Å². The van der Waals surface area contributed by atoms with Crippen LogP contribution in [-0.4, -0.2) is 31.0 Å². The van der Waals surface area contributed by atoms with Crippen molar-refractivity contribution in [2.24, 2.45) is 5.73 Å². The summed E-state index contributed by atoms with van der Waals surface area (Å²) in [5.74, 6) is 0.986. The number of benzene rings is 2. The number of methoxy groups -OCH3 is 1. The van der Waals surface area contributed by atoms with Gasteiger partial charge in [-0.05, 0) is 42.6 Å². The lowest BCUT2D eigenvalue weighted by atomic mass is 10.1. The van der Waals surface area contributed by atoms with Gasteiger partial charge >= 0.3 is 0 Å². The second kappa shape index (κ2) is 9.73. The van der Waals surface area contributed by atoms with Gasteiger partial charge in [0, 0.05) is 19.5 Å². The van der Waals surface area contributed by atoms with E-state index in [0.717, 1.165) is 23.3 Å². The van der Waals surface area contributed by atoms with E-state index in [1.54, 1.807) is 7.11 Å². The minimum Gasteiger partial charge on any atom is -0.497 e. The van der Waals surface area contributed by atoms with Crippen LogP contribution in [-0.2, 0) is 17.8 Å². The lowest BCUT2D eigenvalue weighted by Crippen LogP contribution is -2.32. The molecule has 0 unspecified atom stereocenters. The van der Waals surface area contributed by atoms with E-state index < -0.39 is 0 Å². The molecule has 0 aliphatic carbocycles. The standard InChI is InChI=1S/C20H26N2O2/c1-24-19-10-5-9-17(15-19)11-12-20(23)22(14-6-13-21)16-18-7-3-2-4-8-18/h2-5,7-10,15H,6,11-14,16,21H2,1H3. The molecule has 0 saturated carbocycles. The van der Waals surface area contributed by atoms with E-state index in [1.807, 2.05) is 59.5 Å². The molecule has 2 rings (SSSR count). The number of amides is 1. The normalized spacial score (nSPS) is 10.4. The molecule has 1 amide bonds. The number of carbonyl (C=O) groups excluding carboxylic acids is 1. The zero-order valence-electron chi connectivity index (χ0n) is 14.3. The number of nitrogens with zero attached hydrogens (tertiary/aromatic N) is 1. The Kier molecular flexibility index (Phi) is 7.30. The quantitative estimate of drug-likeness (QED) is 0.771. The van der Waals surface area contributed by atoms with E-state index in [4.69, 9.17) is 10.5 Å². The molecule has 0 saturated heterocycles. The molecule has 2 N–H and O–H groups in total. The van der Waals surface area contributed by atoms with E-state index in [9.17, 15) is 4.79 Å². The van der Waals surface area contributed by atoms with Gasteiger partial charge in [0.15, 0.2) is 0 Å². The molecular weight excluding hydrogens is 300 g/mol. The molecule has 0 fully saturated rings. The molecule has 0 aromatic heterocycles. The van der Waals surface area contributed by atoms with Gasteiger partial charge in [-0.25, -0.2) is 0 Å². The third kappa shape index (κ3) is 5.70. The molecule has 0 aliphatic heterocycles. The van der Waals surface area contributed by atoms with E-state index in [-0.39, 0.29) is 5.91 Å². The summed E-state index contributed by atoms with van der Waals surface area (Å²) in [5.41, 5.74) is 7.87. The van der Waals surface area contributed by atoms with Gasteiger partial charge in [-0.3, -0.25) is 4.79 Å². The van der Waals surface area contributed by atoms with Crippen molar-refractivity contribution in [3.8, 4) is 5.75 Å². The largest absolute Gasteiger partial charge is 0.497 e. The van der Waals surface area contributed by atoms with E-state index in [0.29, 0.717) is 32.5 Å². The first-order chi connectivity index (χ1) is 11.7. The van der Waals surface area contributed by atoms with Crippen LogP contribution < -0.4 is 10.5 Å². The van der Waals surface area contributed by atoms with E-state index in [2.05, 4.69) is 0 Å². The van der Waals surface area contributed by atoms with Crippen LogP contribution in [0.25, 0.3) is 0 Å². The number of carbonyl (C=O) groups is 1. The van der Waals surface area contributed by atoms with E-state index >= 15 is 0 Å². The first-order valence-corrected chi connectivity index (χ1v) is 8.37. The maximum Gasteiger partial charge on any atom is 0.223 e. The molecule has 0 bridgehead atoms. The molecule has 0 atom stereocenters. The summed E-state index contributed by atoms with van der Waals surface area (Å²) in [7, 11) is 1.65. The van der Waals surface area contributed by atoms with Gasteiger partial charge in [0.2, 0.25) is 5.91 Å². The predicted octanol–water partition coefficient (Wildman–Crippen LogP) is 3.01. The second-order valence-corrected chi connectivity index (χ2v) is 5.79. The topological polar surface area (TPSA) is 55.6 Å². The van der Waals surface area contributed by atoms with Crippen LogP contribution in [0.3, 0.4) is 0 Å². The maximum absolute atomic E-state index is 12.6. The molecule has 4 heteroatoms. The highest BCUT2D eigenvalue weighted by molar-refractivity contribution is 5.76. The molecule has 2 aromatic rings. The molecule has 0 radical (unpaired) electrons. The fourth-order valence-electron chi connectivity index (χ4n) is 2.62. The van der Waals surface area contributed by atoms with Gasteiger partial charge in [0.05, 0.1) is 7.11 Å². The Morgan fingerprint density at radius 2 is 1.83 bits per heavy atom. The van der Waals surface area contributed by atoms with Gasteiger partial charge < -0.3 is 15.4 Å². The molecular formula is C20H26N2O2. The molecule has 24 heavy (non-hydrogen) atoms. The molecule has 0 spiro atoms. The number of hydrogen-bond acceptors (Lipinski definition) is 3. The van der Waals surface area contributed by atoms with Gasteiger partial charge in [-0.1, -0.05) is 42.5 Å². The van der Waals surface area contributed by atoms with Crippen LogP contribution in [0.1, 0.15) is 24.0 Å². The number of rotatable bonds is 9. The Labute approximate surface area is 144 Å². The maximum atomic E-state index is 12.6. The Morgan fingerprint density at radius 1 is 1.08 bits per heavy atom. The number of hydrogen-bond donors (Lipinski definition) is 1. The SMILES string of the molecule is COc1cccc(CCC(=O)N(CCCN)Cc2ccccc2)c1. The van der Waals surface area contributed by atoms with Crippen molar-refractivity contribution in [3.05, 3.63) is 65.7 Å². The fraction of sp³-hybridized carbons (Fsp3) is 0.350. The van der Waals surface area contributed by atoms with Crippen molar-refractivity contribution in [2.45, 2.75) is 25.8 Å². The van der Waals surface area contributed by atoms with Crippen molar-refractivity contribution in [2.75, 3.05) is 20.2 Å². The summed E-state index contributed by atoms with van der Waals surface area (Å²) in [6.45, 7) is 1.93. The summed E-state index contributed by atoms with van der Waals surface area (Å²) < 4.78 is 5.23. The fourth-order valence-corrected chi connectivity index (χ4v) is 2.62. The zero-order chi connectivity index (χ0) is 17.2. The number of nitrogens with two attached hydrogens (primary N) is 1. The predicted molar refractivity (Wildman–Crippen MR) is 96.8 cm³/mol. The highest BCUT2D eigenvalue weighted by Gasteiger charge is 2.13. The van der Waals surface area contributed by atoms with Gasteiger partial charge in [-0.15, -0.1) is 0 Å². The van der Waals surface area contributed by atoms with Crippen LogP contribution >= 0.6 is 0 Å². The van der Waals surface area contributed by atoms with Gasteiger partial charge in [0.25, 0.3) is 0 Å². The van der Waals surface area contributed by atoms with E-state index in [1.165, 1.54) is 0 Å². The van der Waals surface area contributed by atoms with Crippen molar-refractivity contribution in [1.82, 2.24) is 4.90 Å².